The number of nitrogens with one attached hydrogen (secondary N) is 1. The summed E-state index contributed by atoms with van der Waals surface area (Å²) in [6.45, 7) is 5.41. The van der Waals surface area contributed by atoms with Gasteiger partial charge in [-0.2, -0.15) is 0 Å². The van der Waals surface area contributed by atoms with E-state index in [-0.39, 0.29) is 11.4 Å². The van der Waals surface area contributed by atoms with E-state index in [1.54, 1.807) is 19.9 Å². The first-order valence-electron chi connectivity index (χ1n) is 6.14. The summed E-state index contributed by atoms with van der Waals surface area (Å²) in [7, 11) is 0. The molecule has 1 aromatic rings. The highest BCUT2D eigenvalue weighted by atomic mass is 16.4. The Labute approximate surface area is 112 Å². The lowest BCUT2D eigenvalue weighted by Gasteiger charge is -2.17. The van der Waals surface area contributed by atoms with Gasteiger partial charge in [-0.3, -0.25) is 4.79 Å². The molecule has 6 heteroatoms. The molecule has 4 N–H and O–H groups in total. The molecule has 0 aliphatic rings. The molecule has 104 valence electrons. The van der Waals surface area contributed by atoms with E-state index in [9.17, 15) is 9.59 Å². The molecule has 1 amide bonds. The number of pyridine rings is 1. The number of anilines is 1. The fraction of sp³-hybridized carbons (Fsp3) is 0.462. The fourth-order valence-electron chi connectivity index (χ4n) is 1.96. The van der Waals surface area contributed by atoms with Gasteiger partial charge < -0.3 is 16.2 Å². The van der Waals surface area contributed by atoms with Gasteiger partial charge in [-0.1, -0.05) is 13.3 Å². The molecule has 1 atom stereocenters. The molecule has 0 aromatic carbocycles. The predicted molar refractivity (Wildman–Crippen MR) is 72.2 cm³/mol. The number of rotatable bonds is 6. The second kappa shape index (κ2) is 6.17. The Morgan fingerprint density at radius 2 is 2.11 bits per heavy atom. The van der Waals surface area contributed by atoms with Crippen molar-refractivity contribution in [1.82, 2.24) is 4.98 Å². The number of aryl methyl sites for hydroxylation is 2. The zero-order valence-electron chi connectivity index (χ0n) is 11.4. The van der Waals surface area contributed by atoms with Crippen LogP contribution in [0.15, 0.2) is 6.07 Å². The van der Waals surface area contributed by atoms with Gasteiger partial charge in [0.15, 0.2) is 0 Å². The molecule has 19 heavy (non-hydrogen) atoms. The van der Waals surface area contributed by atoms with Crippen molar-refractivity contribution in [3.63, 3.8) is 0 Å². The minimum atomic E-state index is -0.974. The van der Waals surface area contributed by atoms with Gasteiger partial charge in [0.2, 0.25) is 0 Å². The predicted octanol–water partition coefficient (Wildman–Crippen LogP) is 1.46. The van der Waals surface area contributed by atoms with Gasteiger partial charge in [0.25, 0.3) is 5.91 Å². The third-order valence-corrected chi connectivity index (χ3v) is 2.78. The molecule has 1 aromatic heterocycles. The summed E-state index contributed by atoms with van der Waals surface area (Å²) in [6, 6.07) is 0.956. The van der Waals surface area contributed by atoms with E-state index >= 15 is 0 Å². The van der Waals surface area contributed by atoms with Crippen LogP contribution < -0.4 is 11.1 Å². The number of nitrogens with zero attached hydrogens (tertiary/aromatic N) is 1. The van der Waals surface area contributed by atoms with Crippen molar-refractivity contribution in [1.29, 1.82) is 0 Å². The fourth-order valence-corrected chi connectivity index (χ4v) is 1.96. The molecule has 0 bridgehead atoms. The van der Waals surface area contributed by atoms with Crippen LogP contribution in [0.1, 0.15) is 41.4 Å². The lowest BCUT2D eigenvalue weighted by molar-refractivity contribution is -0.138. The van der Waals surface area contributed by atoms with Gasteiger partial charge >= 0.3 is 5.97 Å². The van der Waals surface area contributed by atoms with Crippen molar-refractivity contribution < 1.29 is 14.7 Å². The van der Waals surface area contributed by atoms with Crippen LogP contribution in [-0.4, -0.2) is 28.0 Å². The highest BCUT2D eigenvalue weighted by molar-refractivity contribution is 5.99. The summed E-state index contributed by atoms with van der Waals surface area (Å²) in [4.78, 5) is 26.8. The summed E-state index contributed by atoms with van der Waals surface area (Å²) in [6.07, 6.45) is 1.16. The number of carbonyl (C=O) groups is 2. The number of aliphatic carboxylic acids is 1. The molecule has 0 saturated carbocycles. The Morgan fingerprint density at radius 3 is 2.58 bits per heavy atom. The standard InChI is InChI=1S/C13H19N3O3/c1-4-5-9(13(18)19)16-12-10(11(14)17)7(2)6-8(3)15-12/h6,9H,4-5H2,1-3H3,(H2,14,17)(H,15,16)(H,18,19). The topological polar surface area (TPSA) is 105 Å². The van der Waals surface area contributed by atoms with E-state index in [1.165, 1.54) is 0 Å². The number of aromatic nitrogens is 1. The third-order valence-electron chi connectivity index (χ3n) is 2.78. The normalized spacial score (nSPS) is 11.9. The van der Waals surface area contributed by atoms with E-state index < -0.39 is 17.9 Å². The molecule has 0 spiro atoms. The van der Waals surface area contributed by atoms with Crippen LogP contribution in [0.5, 0.6) is 0 Å². The number of amides is 1. The van der Waals surface area contributed by atoms with Crippen molar-refractivity contribution >= 4 is 17.7 Å². The number of hydrogen-bond acceptors (Lipinski definition) is 4. The van der Waals surface area contributed by atoms with Crippen LogP contribution in [0.3, 0.4) is 0 Å². The average Bonchev–Trinajstić information content (AvgIpc) is 2.26. The molecule has 0 radical (unpaired) electrons. The number of hydrogen-bond donors (Lipinski definition) is 3. The van der Waals surface area contributed by atoms with Crippen LogP contribution in [0, 0.1) is 13.8 Å². The van der Waals surface area contributed by atoms with E-state index in [2.05, 4.69) is 10.3 Å². The van der Waals surface area contributed by atoms with Gasteiger partial charge in [0, 0.05) is 5.69 Å². The molecule has 1 heterocycles. The Bertz CT molecular complexity index is 500. The SMILES string of the molecule is CCCC(Nc1nc(C)cc(C)c1C(N)=O)C(=O)O. The lowest BCUT2D eigenvalue weighted by atomic mass is 10.1. The molecular weight excluding hydrogens is 246 g/mol. The molecule has 1 rings (SSSR count). The molecule has 0 fully saturated rings. The maximum absolute atomic E-state index is 11.5. The maximum Gasteiger partial charge on any atom is 0.326 e. The second-order valence-corrected chi connectivity index (χ2v) is 4.49. The Morgan fingerprint density at radius 1 is 1.47 bits per heavy atom. The quantitative estimate of drug-likeness (QED) is 0.722. The average molecular weight is 265 g/mol. The molecule has 1 unspecified atom stereocenters. The largest absolute Gasteiger partial charge is 0.480 e. The third kappa shape index (κ3) is 3.67. The first kappa shape index (κ1) is 14.9. The molecule has 0 aliphatic carbocycles. The zero-order valence-corrected chi connectivity index (χ0v) is 11.4. The van der Waals surface area contributed by atoms with Crippen LogP contribution in [0.25, 0.3) is 0 Å². The van der Waals surface area contributed by atoms with E-state index in [0.717, 1.165) is 0 Å². The number of primary amides is 1. The summed E-state index contributed by atoms with van der Waals surface area (Å²) >= 11 is 0. The van der Waals surface area contributed by atoms with Crippen LogP contribution in [0.2, 0.25) is 0 Å². The molecule has 6 nitrogen and oxygen atoms in total. The smallest absolute Gasteiger partial charge is 0.326 e. The van der Waals surface area contributed by atoms with Gasteiger partial charge in [-0.05, 0) is 31.9 Å². The monoisotopic (exact) mass is 265 g/mol. The van der Waals surface area contributed by atoms with Crippen LogP contribution in [0.4, 0.5) is 5.82 Å². The van der Waals surface area contributed by atoms with Gasteiger partial charge in [0.1, 0.15) is 11.9 Å². The molecule has 0 aliphatic heterocycles. The number of carboxylic acids is 1. The van der Waals surface area contributed by atoms with Crippen LogP contribution in [-0.2, 0) is 4.79 Å². The zero-order chi connectivity index (χ0) is 14.6. The Hall–Kier alpha value is -2.11. The number of carboxylic acid groups (broad SMARTS) is 1. The van der Waals surface area contributed by atoms with E-state index in [1.807, 2.05) is 6.92 Å². The number of carbonyl (C=O) groups excluding carboxylic acids is 1. The van der Waals surface area contributed by atoms with Gasteiger partial charge in [0.05, 0.1) is 5.56 Å². The second-order valence-electron chi connectivity index (χ2n) is 4.49. The van der Waals surface area contributed by atoms with E-state index in [4.69, 9.17) is 10.8 Å². The number of nitrogens with two attached hydrogens (primary N) is 1. The van der Waals surface area contributed by atoms with E-state index in [0.29, 0.717) is 24.1 Å². The lowest BCUT2D eigenvalue weighted by Crippen LogP contribution is -2.31. The highest BCUT2D eigenvalue weighted by Gasteiger charge is 2.21. The highest BCUT2D eigenvalue weighted by Crippen LogP contribution is 2.20. The minimum absolute atomic E-state index is 0.242. The van der Waals surface area contributed by atoms with Crippen molar-refractivity contribution in [2.75, 3.05) is 5.32 Å². The Balaban J connectivity index is 3.18. The summed E-state index contributed by atoms with van der Waals surface area (Å²) in [5.74, 6) is -1.35. The van der Waals surface area contributed by atoms with Crippen LogP contribution >= 0.6 is 0 Å². The Kier molecular flexibility index (Phi) is 4.86. The van der Waals surface area contributed by atoms with Crippen molar-refractivity contribution in [3.05, 3.63) is 22.9 Å². The van der Waals surface area contributed by atoms with Gasteiger partial charge in [-0.15, -0.1) is 0 Å². The maximum atomic E-state index is 11.5. The first-order chi connectivity index (χ1) is 8.86. The van der Waals surface area contributed by atoms with Crippen molar-refractivity contribution in [2.24, 2.45) is 5.73 Å². The molecule has 0 saturated heterocycles. The summed E-state index contributed by atoms with van der Waals surface area (Å²) in [5, 5.41) is 11.9. The van der Waals surface area contributed by atoms with Crippen molar-refractivity contribution in [2.45, 2.75) is 39.7 Å². The molecular formula is C13H19N3O3. The van der Waals surface area contributed by atoms with Crippen molar-refractivity contribution in [3.8, 4) is 0 Å². The summed E-state index contributed by atoms with van der Waals surface area (Å²) < 4.78 is 0. The minimum Gasteiger partial charge on any atom is -0.480 e. The summed E-state index contributed by atoms with van der Waals surface area (Å²) in [5.41, 5.74) is 6.95. The first-order valence-corrected chi connectivity index (χ1v) is 6.14. The van der Waals surface area contributed by atoms with Gasteiger partial charge in [-0.25, -0.2) is 9.78 Å².